The normalized spacial score (nSPS) is 15.0. The van der Waals surface area contributed by atoms with Crippen LogP contribution in [0.15, 0.2) is 53.3 Å². The first kappa shape index (κ1) is 18.2. The van der Waals surface area contributed by atoms with Crippen LogP contribution in [0.5, 0.6) is 5.75 Å². The van der Waals surface area contributed by atoms with E-state index in [0.29, 0.717) is 12.1 Å². The minimum absolute atomic E-state index is 0.00549. The van der Waals surface area contributed by atoms with E-state index in [1.807, 2.05) is 44.2 Å². The summed E-state index contributed by atoms with van der Waals surface area (Å²) in [5, 5.41) is 10.9. The lowest BCUT2D eigenvalue weighted by Gasteiger charge is -2.30. The van der Waals surface area contributed by atoms with Crippen molar-refractivity contribution < 1.29 is 9.90 Å². The molecule has 0 fully saturated rings. The molecule has 1 aliphatic carbocycles. The number of Topliss-reactive ketones (excluding diaryl/α,β-unsaturated/α-hetero) is 1. The molecule has 0 saturated heterocycles. The van der Waals surface area contributed by atoms with Gasteiger partial charge in [0, 0.05) is 11.1 Å². The Labute approximate surface area is 164 Å². The third kappa shape index (κ3) is 2.85. The van der Waals surface area contributed by atoms with Crippen molar-refractivity contribution in [2.75, 3.05) is 0 Å². The molecule has 0 saturated carbocycles. The summed E-state index contributed by atoms with van der Waals surface area (Å²) >= 11 is 0. The Morgan fingerprint density at radius 3 is 2.57 bits per heavy atom. The molecule has 4 rings (SSSR count). The highest BCUT2D eigenvalue weighted by Gasteiger charge is 2.32. The SMILES string of the molecule is CC(=O)c1c(O)c2c(n(Cc3ccccc3)c1=O)-c1cc(C)ccc1CC2C. The van der Waals surface area contributed by atoms with Crippen LogP contribution in [-0.4, -0.2) is 15.5 Å². The second kappa shape index (κ2) is 6.79. The van der Waals surface area contributed by atoms with Gasteiger partial charge in [-0.2, -0.15) is 0 Å². The van der Waals surface area contributed by atoms with Crippen molar-refractivity contribution in [3.05, 3.63) is 86.7 Å². The lowest BCUT2D eigenvalue weighted by atomic mass is 9.80. The number of hydrogen-bond donors (Lipinski definition) is 1. The zero-order valence-corrected chi connectivity index (χ0v) is 16.3. The Kier molecular flexibility index (Phi) is 4.42. The third-order valence-electron chi connectivity index (χ3n) is 5.55. The van der Waals surface area contributed by atoms with E-state index in [2.05, 4.69) is 18.2 Å². The number of benzene rings is 2. The first-order valence-corrected chi connectivity index (χ1v) is 9.53. The number of hydrogen-bond acceptors (Lipinski definition) is 3. The average molecular weight is 373 g/mol. The third-order valence-corrected chi connectivity index (χ3v) is 5.55. The number of carbonyl (C=O) groups is 1. The average Bonchev–Trinajstić information content (AvgIpc) is 2.65. The number of rotatable bonds is 3. The maximum atomic E-state index is 13.3. The molecule has 1 heterocycles. The standard InChI is InChI=1S/C24H23NO3/c1-14-9-10-18-12-15(2)20-22(19(18)11-14)25(13-17-7-5-4-6-8-17)24(28)21(16(3)26)23(20)27/h4-11,15,27H,12-13H2,1-3H3. The van der Waals surface area contributed by atoms with E-state index in [9.17, 15) is 14.7 Å². The molecule has 0 spiro atoms. The Morgan fingerprint density at radius 1 is 1.18 bits per heavy atom. The number of ketones is 1. The summed E-state index contributed by atoms with van der Waals surface area (Å²) in [6.07, 6.45) is 0.761. The van der Waals surface area contributed by atoms with Crippen LogP contribution in [0.1, 0.15) is 52.4 Å². The van der Waals surface area contributed by atoms with Crippen LogP contribution in [0.25, 0.3) is 11.3 Å². The van der Waals surface area contributed by atoms with Gasteiger partial charge in [0.05, 0.1) is 12.2 Å². The van der Waals surface area contributed by atoms with Crippen LogP contribution >= 0.6 is 0 Å². The maximum Gasteiger partial charge on any atom is 0.266 e. The van der Waals surface area contributed by atoms with Crippen molar-refractivity contribution in [1.29, 1.82) is 0 Å². The Morgan fingerprint density at radius 2 is 1.89 bits per heavy atom. The van der Waals surface area contributed by atoms with E-state index in [1.165, 1.54) is 6.92 Å². The number of aromatic nitrogens is 1. The molecule has 0 aliphatic heterocycles. The molecule has 1 atom stereocenters. The molecule has 0 radical (unpaired) electrons. The minimum Gasteiger partial charge on any atom is -0.507 e. The van der Waals surface area contributed by atoms with Gasteiger partial charge in [-0.1, -0.05) is 55.0 Å². The molecular formula is C24H23NO3. The summed E-state index contributed by atoms with van der Waals surface area (Å²) in [4.78, 5) is 25.5. The number of nitrogens with zero attached hydrogens (tertiary/aromatic N) is 1. The molecule has 1 N–H and O–H groups in total. The van der Waals surface area contributed by atoms with Crippen molar-refractivity contribution in [2.45, 2.75) is 39.7 Å². The van der Waals surface area contributed by atoms with Crippen LogP contribution in [0.3, 0.4) is 0 Å². The summed E-state index contributed by atoms with van der Waals surface area (Å²) in [6.45, 7) is 5.73. The van der Waals surface area contributed by atoms with Crippen LogP contribution in [0.4, 0.5) is 0 Å². The van der Waals surface area contributed by atoms with Crippen molar-refractivity contribution in [2.24, 2.45) is 0 Å². The van der Waals surface area contributed by atoms with Gasteiger partial charge in [-0.05, 0) is 43.4 Å². The predicted octanol–water partition coefficient (Wildman–Crippen LogP) is 4.44. The molecular weight excluding hydrogens is 350 g/mol. The van der Waals surface area contributed by atoms with Crippen molar-refractivity contribution in [3.8, 4) is 17.0 Å². The van der Waals surface area contributed by atoms with Gasteiger partial charge in [0.15, 0.2) is 5.78 Å². The summed E-state index contributed by atoms with van der Waals surface area (Å²) < 4.78 is 1.66. The summed E-state index contributed by atoms with van der Waals surface area (Å²) in [6, 6.07) is 15.9. The first-order valence-electron chi connectivity index (χ1n) is 9.53. The van der Waals surface area contributed by atoms with Gasteiger partial charge < -0.3 is 9.67 Å². The Bertz CT molecular complexity index is 1140. The molecule has 28 heavy (non-hydrogen) atoms. The van der Waals surface area contributed by atoms with E-state index in [-0.39, 0.29) is 17.2 Å². The molecule has 0 amide bonds. The fourth-order valence-corrected chi connectivity index (χ4v) is 4.24. The highest BCUT2D eigenvalue weighted by atomic mass is 16.3. The second-order valence-corrected chi connectivity index (χ2v) is 7.68. The van der Waals surface area contributed by atoms with Crippen LogP contribution in [-0.2, 0) is 13.0 Å². The highest BCUT2D eigenvalue weighted by molar-refractivity contribution is 5.98. The van der Waals surface area contributed by atoms with Crippen molar-refractivity contribution in [3.63, 3.8) is 0 Å². The summed E-state index contributed by atoms with van der Waals surface area (Å²) in [5.41, 5.74) is 5.06. The lowest BCUT2D eigenvalue weighted by molar-refractivity contribution is 0.101. The molecule has 3 aromatic rings. The monoisotopic (exact) mass is 373 g/mol. The van der Waals surface area contributed by atoms with Gasteiger partial charge in [0.1, 0.15) is 11.3 Å². The van der Waals surface area contributed by atoms with Gasteiger partial charge in [-0.3, -0.25) is 9.59 Å². The largest absolute Gasteiger partial charge is 0.507 e. The molecule has 4 nitrogen and oxygen atoms in total. The number of fused-ring (bicyclic) bond motifs is 3. The molecule has 4 heteroatoms. The van der Waals surface area contributed by atoms with Crippen molar-refractivity contribution >= 4 is 5.78 Å². The second-order valence-electron chi connectivity index (χ2n) is 7.68. The number of carbonyl (C=O) groups excluding carboxylic acids is 1. The molecule has 1 unspecified atom stereocenters. The smallest absolute Gasteiger partial charge is 0.266 e. The fourth-order valence-electron chi connectivity index (χ4n) is 4.24. The number of aromatic hydroxyl groups is 1. The fraction of sp³-hybridized carbons (Fsp3) is 0.250. The molecule has 142 valence electrons. The van der Waals surface area contributed by atoms with Gasteiger partial charge >= 0.3 is 0 Å². The molecule has 0 bridgehead atoms. The zero-order chi connectivity index (χ0) is 20.0. The maximum absolute atomic E-state index is 13.3. The lowest BCUT2D eigenvalue weighted by Crippen LogP contribution is -2.31. The topological polar surface area (TPSA) is 59.3 Å². The van der Waals surface area contributed by atoms with Gasteiger partial charge in [0.2, 0.25) is 0 Å². The summed E-state index contributed by atoms with van der Waals surface area (Å²) in [5.74, 6) is -0.559. The van der Waals surface area contributed by atoms with Gasteiger partial charge in [-0.15, -0.1) is 0 Å². The van der Waals surface area contributed by atoms with E-state index in [1.54, 1.807) is 4.57 Å². The quantitative estimate of drug-likeness (QED) is 0.691. The zero-order valence-electron chi connectivity index (χ0n) is 16.3. The Balaban J connectivity index is 2.10. The molecule has 2 aromatic carbocycles. The number of aryl methyl sites for hydroxylation is 1. The van der Waals surface area contributed by atoms with E-state index in [4.69, 9.17) is 0 Å². The molecule has 1 aromatic heterocycles. The first-order chi connectivity index (χ1) is 13.4. The number of pyridine rings is 1. The van der Waals surface area contributed by atoms with Gasteiger partial charge in [-0.25, -0.2) is 0 Å². The minimum atomic E-state index is -0.436. The van der Waals surface area contributed by atoms with Crippen LogP contribution < -0.4 is 5.56 Å². The van der Waals surface area contributed by atoms with Crippen molar-refractivity contribution in [1.82, 2.24) is 4.57 Å². The van der Waals surface area contributed by atoms with E-state index < -0.39 is 11.3 Å². The predicted molar refractivity (Wildman–Crippen MR) is 110 cm³/mol. The highest BCUT2D eigenvalue weighted by Crippen LogP contribution is 2.44. The van der Waals surface area contributed by atoms with E-state index in [0.717, 1.165) is 34.4 Å². The van der Waals surface area contributed by atoms with Crippen LogP contribution in [0, 0.1) is 6.92 Å². The van der Waals surface area contributed by atoms with Crippen LogP contribution in [0.2, 0.25) is 0 Å². The Hall–Kier alpha value is -3.14. The van der Waals surface area contributed by atoms with E-state index >= 15 is 0 Å². The summed E-state index contributed by atoms with van der Waals surface area (Å²) in [7, 11) is 0. The van der Waals surface area contributed by atoms with Gasteiger partial charge in [0.25, 0.3) is 5.56 Å². The molecule has 1 aliphatic rings.